The van der Waals surface area contributed by atoms with Crippen molar-refractivity contribution in [2.45, 2.75) is 6.18 Å². The minimum Gasteiger partial charge on any atom is -0.366 e. The zero-order valence-corrected chi connectivity index (χ0v) is 13.4. The van der Waals surface area contributed by atoms with Gasteiger partial charge in [0.1, 0.15) is 5.03 Å². The van der Waals surface area contributed by atoms with Crippen molar-refractivity contribution in [3.63, 3.8) is 0 Å². The SMILES string of the molecule is NC(=O)/C=C(\S)n1ncc2cc(-c3ccc(C(F)(F)F)cn3)ccc21. The number of rotatable bonds is 3. The van der Waals surface area contributed by atoms with Gasteiger partial charge >= 0.3 is 6.18 Å². The Hall–Kier alpha value is -2.81. The van der Waals surface area contributed by atoms with E-state index in [-0.39, 0.29) is 5.03 Å². The van der Waals surface area contributed by atoms with Gasteiger partial charge in [0.05, 0.1) is 23.0 Å². The van der Waals surface area contributed by atoms with E-state index in [1.54, 1.807) is 24.4 Å². The third-order valence-electron chi connectivity index (χ3n) is 3.44. The monoisotopic (exact) mass is 364 g/mol. The third-order valence-corrected chi connectivity index (χ3v) is 3.76. The second-order valence-electron chi connectivity index (χ2n) is 5.16. The first-order valence-electron chi connectivity index (χ1n) is 6.97. The van der Waals surface area contributed by atoms with Gasteiger partial charge in [-0.25, -0.2) is 4.68 Å². The number of hydrogen-bond acceptors (Lipinski definition) is 4. The van der Waals surface area contributed by atoms with Gasteiger partial charge in [-0.2, -0.15) is 18.3 Å². The van der Waals surface area contributed by atoms with Crippen LogP contribution in [0.4, 0.5) is 13.2 Å². The van der Waals surface area contributed by atoms with Crippen LogP contribution >= 0.6 is 12.6 Å². The first-order chi connectivity index (χ1) is 11.8. The fourth-order valence-electron chi connectivity index (χ4n) is 2.30. The van der Waals surface area contributed by atoms with Crippen LogP contribution < -0.4 is 5.73 Å². The summed E-state index contributed by atoms with van der Waals surface area (Å²) < 4.78 is 39.2. The summed E-state index contributed by atoms with van der Waals surface area (Å²) in [5.74, 6) is -0.653. The average molecular weight is 364 g/mol. The van der Waals surface area contributed by atoms with Crippen molar-refractivity contribution in [2.75, 3.05) is 0 Å². The maximum Gasteiger partial charge on any atom is 0.417 e. The Labute approximate surface area is 145 Å². The summed E-state index contributed by atoms with van der Waals surface area (Å²) in [4.78, 5) is 14.8. The Morgan fingerprint density at radius 1 is 1.20 bits per heavy atom. The van der Waals surface area contributed by atoms with Gasteiger partial charge in [0.2, 0.25) is 5.91 Å². The van der Waals surface area contributed by atoms with Crippen molar-refractivity contribution in [3.05, 3.63) is 54.4 Å². The molecule has 128 valence electrons. The van der Waals surface area contributed by atoms with Crippen molar-refractivity contribution >= 4 is 34.5 Å². The lowest BCUT2D eigenvalue weighted by Crippen LogP contribution is -2.08. The van der Waals surface area contributed by atoms with Crippen LogP contribution in [-0.4, -0.2) is 20.7 Å². The highest BCUT2D eigenvalue weighted by atomic mass is 32.1. The summed E-state index contributed by atoms with van der Waals surface area (Å²) in [5.41, 5.74) is 6.00. The smallest absolute Gasteiger partial charge is 0.366 e. The normalized spacial score (nSPS) is 12.6. The fourth-order valence-corrected chi connectivity index (χ4v) is 2.58. The van der Waals surface area contributed by atoms with E-state index >= 15 is 0 Å². The highest BCUT2D eigenvalue weighted by molar-refractivity contribution is 7.90. The maximum atomic E-state index is 12.6. The molecule has 0 aliphatic carbocycles. The number of benzene rings is 1. The summed E-state index contributed by atoms with van der Waals surface area (Å²) in [6.07, 6.45) is -0.953. The second kappa shape index (κ2) is 6.25. The zero-order chi connectivity index (χ0) is 18.2. The van der Waals surface area contributed by atoms with Gasteiger partial charge in [0.25, 0.3) is 0 Å². The number of aromatic nitrogens is 3. The molecule has 2 N–H and O–H groups in total. The van der Waals surface area contributed by atoms with Crippen LogP contribution in [0.1, 0.15) is 5.56 Å². The van der Waals surface area contributed by atoms with E-state index in [1.807, 2.05) is 0 Å². The Kier molecular flexibility index (Phi) is 4.25. The number of primary amides is 1. The second-order valence-corrected chi connectivity index (χ2v) is 5.62. The molecule has 0 fully saturated rings. The molecule has 0 saturated heterocycles. The molecule has 1 amide bonds. The first kappa shape index (κ1) is 17.0. The van der Waals surface area contributed by atoms with Gasteiger partial charge in [0, 0.05) is 23.2 Å². The number of thiol groups is 1. The Morgan fingerprint density at radius 3 is 2.56 bits per heavy atom. The van der Waals surface area contributed by atoms with Gasteiger partial charge in [-0.1, -0.05) is 6.07 Å². The quantitative estimate of drug-likeness (QED) is 0.553. The molecular formula is C16H11F3N4OS. The lowest BCUT2D eigenvalue weighted by molar-refractivity contribution is -0.137. The highest BCUT2D eigenvalue weighted by Gasteiger charge is 2.30. The summed E-state index contributed by atoms with van der Waals surface area (Å²) in [5, 5.41) is 5.09. The van der Waals surface area contributed by atoms with Gasteiger partial charge in [-0.05, 0) is 24.3 Å². The summed E-state index contributed by atoms with van der Waals surface area (Å²) in [6, 6.07) is 7.44. The number of halogens is 3. The number of alkyl halides is 3. The van der Waals surface area contributed by atoms with Crippen LogP contribution in [0.5, 0.6) is 0 Å². The fraction of sp³-hybridized carbons (Fsp3) is 0.0625. The number of fused-ring (bicyclic) bond motifs is 1. The first-order valence-corrected chi connectivity index (χ1v) is 7.42. The van der Waals surface area contributed by atoms with Crippen LogP contribution in [0.15, 0.2) is 48.8 Å². The van der Waals surface area contributed by atoms with E-state index in [9.17, 15) is 18.0 Å². The lowest BCUT2D eigenvalue weighted by atomic mass is 10.1. The number of carbonyl (C=O) groups excluding carboxylic acids is 1. The van der Waals surface area contributed by atoms with Gasteiger partial charge < -0.3 is 5.73 Å². The number of nitrogens with two attached hydrogens (primary N) is 1. The van der Waals surface area contributed by atoms with Gasteiger partial charge in [-0.3, -0.25) is 9.78 Å². The molecule has 0 aliphatic rings. The van der Waals surface area contributed by atoms with Crippen molar-refractivity contribution in [1.82, 2.24) is 14.8 Å². The molecule has 9 heteroatoms. The average Bonchev–Trinajstić information content (AvgIpc) is 2.96. The van der Waals surface area contributed by atoms with E-state index in [0.29, 0.717) is 22.2 Å². The number of amides is 1. The zero-order valence-electron chi connectivity index (χ0n) is 12.5. The van der Waals surface area contributed by atoms with Crippen LogP contribution in [-0.2, 0) is 11.0 Å². The Balaban J connectivity index is 1.99. The largest absolute Gasteiger partial charge is 0.417 e. The van der Waals surface area contributed by atoms with Crippen LogP contribution in [0.25, 0.3) is 27.2 Å². The molecule has 25 heavy (non-hydrogen) atoms. The maximum absolute atomic E-state index is 12.6. The van der Waals surface area contributed by atoms with Crippen molar-refractivity contribution in [3.8, 4) is 11.3 Å². The van der Waals surface area contributed by atoms with E-state index in [1.165, 1.54) is 10.7 Å². The summed E-state index contributed by atoms with van der Waals surface area (Å²) in [6.45, 7) is 0. The van der Waals surface area contributed by atoms with Crippen LogP contribution in [0, 0.1) is 0 Å². The summed E-state index contributed by atoms with van der Waals surface area (Å²) >= 11 is 4.18. The van der Waals surface area contributed by atoms with Gasteiger partial charge in [0.15, 0.2) is 0 Å². The number of nitrogens with zero attached hydrogens (tertiary/aromatic N) is 3. The molecule has 0 radical (unpaired) electrons. The standard InChI is InChI=1S/C16H11F3N4OS/c17-16(18,19)11-2-3-12(21-8-11)9-1-4-13-10(5-9)7-22-23(13)15(25)6-14(20)24/h1-8,25H,(H2,20,24)/b15-6-. The molecular weight excluding hydrogens is 353 g/mol. The molecule has 2 heterocycles. The molecule has 0 spiro atoms. The molecule has 0 atom stereocenters. The summed E-state index contributed by atoms with van der Waals surface area (Å²) in [7, 11) is 0. The molecule has 3 aromatic rings. The number of hydrogen-bond donors (Lipinski definition) is 2. The minimum atomic E-state index is -4.42. The van der Waals surface area contributed by atoms with E-state index in [4.69, 9.17) is 5.73 Å². The lowest BCUT2D eigenvalue weighted by Gasteiger charge is -2.07. The van der Waals surface area contributed by atoms with Crippen LogP contribution in [0.2, 0.25) is 0 Å². The molecule has 3 rings (SSSR count). The molecule has 0 saturated carbocycles. The topological polar surface area (TPSA) is 73.8 Å². The predicted molar refractivity (Wildman–Crippen MR) is 90.4 cm³/mol. The van der Waals surface area contributed by atoms with Gasteiger partial charge in [-0.15, -0.1) is 12.6 Å². The number of carbonyl (C=O) groups is 1. The third kappa shape index (κ3) is 3.50. The molecule has 1 aromatic carbocycles. The van der Waals surface area contributed by atoms with E-state index in [0.717, 1.165) is 18.3 Å². The molecule has 0 bridgehead atoms. The van der Waals surface area contributed by atoms with E-state index < -0.39 is 17.6 Å². The van der Waals surface area contributed by atoms with Crippen molar-refractivity contribution in [2.24, 2.45) is 5.73 Å². The Bertz CT molecular complexity index is 977. The molecule has 0 aliphatic heterocycles. The molecule has 2 aromatic heterocycles. The minimum absolute atomic E-state index is 0.253. The highest BCUT2D eigenvalue weighted by Crippen LogP contribution is 2.30. The van der Waals surface area contributed by atoms with Crippen molar-refractivity contribution in [1.29, 1.82) is 0 Å². The number of pyridine rings is 1. The molecule has 0 unspecified atom stereocenters. The van der Waals surface area contributed by atoms with E-state index in [2.05, 4.69) is 22.7 Å². The predicted octanol–water partition coefficient (Wildman–Crippen LogP) is 3.33. The Morgan fingerprint density at radius 2 is 1.96 bits per heavy atom. The van der Waals surface area contributed by atoms with Crippen molar-refractivity contribution < 1.29 is 18.0 Å². The van der Waals surface area contributed by atoms with Crippen LogP contribution in [0.3, 0.4) is 0 Å². The molecule has 5 nitrogen and oxygen atoms in total.